The zero-order valence-electron chi connectivity index (χ0n) is 15.9. The fourth-order valence-corrected chi connectivity index (χ4v) is 4.52. The number of carbonyl (C=O) groups excluding carboxylic acids is 1. The molecule has 0 aliphatic heterocycles. The van der Waals surface area contributed by atoms with Gasteiger partial charge in [-0.15, -0.1) is 0 Å². The Balaban J connectivity index is 1.79. The van der Waals surface area contributed by atoms with Gasteiger partial charge in [0, 0.05) is 17.3 Å². The third kappa shape index (κ3) is 5.06. The molecule has 0 unspecified atom stereocenters. The first kappa shape index (κ1) is 20.7. The molecular weight excluding hydrogens is 396 g/mol. The van der Waals surface area contributed by atoms with Crippen molar-refractivity contribution >= 4 is 33.2 Å². The highest BCUT2D eigenvalue weighted by Crippen LogP contribution is 2.40. The fraction of sp³-hybridized carbons (Fsp3) is 0.381. The number of amides is 1. The smallest absolute Gasteiger partial charge is 0.230 e. The molecule has 0 radical (unpaired) electrons. The van der Waals surface area contributed by atoms with Gasteiger partial charge in [-0.1, -0.05) is 55.1 Å². The number of carbonyl (C=O) groups is 1. The van der Waals surface area contributed by atoms with E-state index in [1.54, 1.807) is 12.1 Å². The summed E-state index contributed by atoms with van der Waals surface area (Å²) in [6.07, 6.45) is 5.82. The highest BCUT2D eigenvalue weighted by molar-refractivity contribution is 7.92. The van der Waals surface area contributed by atoms with Crippen LogP contribution < -0.4 is 10.0 Å². The maximum atomic E-state index is 13.2. The predicted molar refractivity (Wildman–Crippen MR) is 113 cm³/mol. The summed E-state index contributed by atoms with van der Waals surface area (Å²) in [5, 5.41) is 3.75. The first-order valence-corrected chi connectivity index (χ1v) is 11.7. The molecule has 28 heavy (non-hydrogen) atoms. The Bertz CT molecular complexity index is 919. The summed E-state index contributed by atoms with van der Waals surface area (Å²) >= 11 is 5.92. The normalized spacial score (nSPS) is 16.4. The maximum Gasteiger partial charge on any atom is 0.230 e. The topological polar surface area (TPSA) is 75.3 Å². The van der Waals surface area contributed by atoms with Crippen molar-refractivity contribution in [1.82, 2.24) is 5.32 Å². The Morgan fingerprint density at radius 2 is 1.61 bits per heavy atom. The van der Waals surface area contributed by atoms with E-state index >= 15 is 0 Å². The SMILES string of the molecule is CS(=O)(=O)Nc1ccc(C2(C(=O)NCc3ccc(Cl)cc3)CCCCC2)cc1. The lowest BCUT2D eigenvalue weighted by molar-refractivity contribution is -0.128. The molecule has 1 aliphatic rings. The Kier molecular flexibility index (Phi) is 6.30. The molecule has 7 heteroatoms. The molecule has 1 saturated carbocycles. The van der Waals surface area contributed by atoms with Crippen molar-refractivity contribution in [2.75, 3.05) is 11.0 Å². The molecule has 0 bridgehead atoms. The van der Waals surface area contributed by atoms with Gasteiger partial charge in [-0.05, 0) is 48.2 Å². The van der Waals surface area contributed by atoms with Crippen molar-refractivity contribution in [1.29, 1.82) is 0 Å². The van der Waals surface area contributed by atoms with Crippen molar-refractivity contribution in [3.8, 4) is 0 Å². The Morgan fingerprint density at radius 3 is 2.18 bits per heavy atom. The standard InChI is InChI=1S/C21H25ClN2O3S/c1-28(26,27)24-19-11-7-17(8-12-19)21(13-3-2-4-14-21)20(25)23-15-16-5-9-18(22)10-6-16/h5-12,24H,2-4,13-15H2,1H3,(H,23,25). The van der Waals surface area contributed by atoms with Gasteiger partial charge in [0.2, 0.25) is 15.9 Å². The van der Waals surface area contributed by atoms with Crippen LogP contribution in [-0.2, 0) is 26.8 Å². The van der Waals surface area contributed by atoms with Gasteiger partial charge in [-0.2, -0.15) is 0 Å². The number of sulfonamides is 1. The number of hydrogen-bond acceptors (Lipinski definition) is 3. The molecular formula is C21H25ClN2O3S. The van der Waals surface area contributed by atoms with Crippen LogP contribution in [0.1, 0.15) is 43.2 Å². The second-order valence-corrected chi connectivity index (χ2v) is 9.59. The van der Waals surface area contributed by atoms with Gasteiger partial charge in [0.05, 0.1) is 11.7 Å². The van der Waals surface area contributed by atoms with Gasteiger partial charge < -0.3 is 5.32 Å². The average molecular weight is 421 g/mol. The third-order valence-corrected chi connectivity index (χ3v) is 6.11. The lowest BCUT2D eigenvalue weighted by atomic mass is 9.68. The zero-order valence-corrected chi connectivity index (χ0v) is 17.4. The lowest BCUT2D eigenvalue weighted by Crippen LogP contribution is -2.45. The summed E-state index contributed by atoms with van der Waals surface area (Å²) in [4.78, 5) is 13.2. The summed E-state index contributed by atoms with van der Waals surface area (Å²) in [5.41, 5.74) is 1.85. The molecule has 0 saturated heterocycles. The van der Waals surface area contributed by atoms with Gasteiger partial charge in [-0.25, -0.2) is 8.42 Å². The van der Waals surface area contributed by atoms with E-state index < -0.39 is 15.4 Å². The van der Waals surface area contributed by atoms with Crippen molar-refractivity contribution in [3.05, 3.63) is 64.7 Å². The van der Waals surface area contributed by atoms with Crippen LogP contribution in [0.2, 0.25) is 5.02 Å². The quantitative estimate of drug-likeness (QED) is 0.734. The first-order valence-electron chi connectivity index (χ1n) is 9.40. The summed E-state index contributed by atoms with van der Waals surface area (Å²) < 4.78 is 25.3. The molecule has 0 heterocycles. The van der Waals surface area contributed by atoms with E-state index in [4.69, 9.17) is 11.6 Å². The van der Waals surface area contributed by atoms with E-state index in [9.17, 15) is 13.2 Å². The number of benzene rings is 2. The molecule has 150 valence electrons. The van der Waals surface area contributed by atoms with Crippen LogP contribution >= 0.6 is 11.6 Å². The molecule has 1 aliphatic carbocycles. The van der Waals surface area contributed by atoms with Crippen LogP contribution in [0.5, 0.6) is 0 Å². The third-order valence-electron chi connectivity index (χ3n) is 5.25. The Hall–Kier alpha value is -2.05. The molecule has 2 aromatic rings. The Labute approximate surface area is 171 Å². The maximum absolute atomic E-state index is 13.2. The highest BCUT2D eigenvalue weighted by Gasteiger charge is 2.40. The number of rotatable bonds is 6. The van der Waals surface area contributed by atoms with E-state index in [2.05, 4.69) is 10.0 Å². The van der Waals surface area contributed by atoms with E-state index in [-0.39, 0.29) is 5.91 Å². The lowest BCUT2D eigenvalue weighted by Gasteiger charge is -2.36. The van der Waals surface area contributed by atoms with E-state index in [1.165, 1.54) is 0 Å². The van der Waals surface area contributed by atoms with E-state index in [0.717, 1.165) is 49.5 Å². The largest absolute Gasteiger partial charge is 0.351 e. The fourth-order valence-electron chi connectivity index (χ4n) is 3.83. The summed E-state index contributed by atoms with van der Waals surface area (Å²) in [6, 6.07) is 14.6. The molecule has 5 nitrogen and oxygen atoms in total. The average Bonchev–Trinajstić information content (AvgIpc) is 2.67. The summed E-state index contributed by atoms with van der Waals surface area (Å²) in [6.45, 7) is 0.450. The summed E-state index contributed by atoms with van der Waals surface area (Å²) in [5.74, 6) is 0.0194. The minimum Gasteiger partial charge on any atom is -0.351 e. The number of hydrogen-bond donors (Lipinski definition) is 2. The van der Waals surface area contributed by atoms with Crippen LogP contribution in [0.4, 0.5) is 5.69 Å². The van der Waals surface area contributed by atoms with E-state index in [0.29, 0.717) is 17.3 Å². The second-order valence-electron chi connectivity index (χ2n) is 7.40. The van der Waals surface area contributed by atoms with Gasteiger partial charge >= 0.3 is 0 Å². The molecule has 2 N–H and O–H groups in total. The Morgan fingerprint density at radius 1 is 1.00 bits per heavy atom. The molecule has 2 aromatic carbocycles. The van der Waals surface area contributed by atoms with Gasteiger partial charge in [0.1, 0.15) is 0 Å². The molecule has 1 amide bonds. The van der Waals surface area contributed by atoms with Crippen LogP contribution in [-0.4, -0.2) is 20.6 Å². The van der Waals surface area contributed by atoms with Crippen LogP contribution in [0.15, 0.2) is 48.5 Å². The minimum absolute atomic E-state index is 0.0194. The zero-order chi connectivity index (χ0) is 20.2. The van der Waals surface area contributed by atoms with Crippen LogP contribution in [0.25, 0.3) is 0 Å². The van der Waals surface area contributed by atoms with E-state index in [1.807, 2.05) is 36.4 Å². The van der Waals surface area contributed by atoms with Crippen LogP contribution in [0.3, 0.4) is 0 Å². The number of halogens is 1. The molecule has 0 spiro atoms. The molecule has 1 fully saturated rings. The monoisotopic (exact) mass is 420 g/mol. The van der Waals surface area contributed by atoms with Crippen molar-refractivity contribution in [2.45, 2.75) is 44.1 Å². The molecule has 0 atom stereocenters. The van der Waals surface area contributed by atoms with Crippen molar-refractivity contribution in [3.63, 3.8) is 0 Å². The molecule has 0 aromatic heterocycles. The predicted octanol–water partition coefficient (Wildman–Crippen LogP) is 4.23. The van der Waals surface area contributed by atoms with Gasteiger partial charge in [0.25, 0.3) is 0 Å². The van der Waals surface area contributed by atoms with Gasteiger partial charge in [0.15, 0.2) is 0 Å². The first-order chi connectivity index (χ1) is 13.3. The van der Waals surface area contributed by atoms with Crippen molar-refractivity contribution < 1.29 is 13.2 Å². The minimum atomic E-state index is -3.33. The molecule has 3 rings (SSSR count). The van der Waals surface area contributed by atoms with Crippen molar-refractivity contribution in [2.24, 2.45) is 0 Å². The number of anilines is 1. The van der Waals surface area contributed by atoms with Crippen LogP contribution in [0, 0.1) is 0 Å². The van der Waals surface area contributed by atoms with Gasteiger partial charge in [-0.3, -0.25) is 9.52 Å². The highest BCUT2D eigenvalue weighted by atomic mass is 35.5. The summed E-state index contributed by atoms with van der Waals surface area (Å²) in [7, 11) is -3.33. The second kappa shape index (κ2) is 8.53. The number of nitrogens with one attached hydrogen (secondary N) is 2.